The maximum atomic E-state index is 5.34. The van der Waals surface area contributed by atoms with Crippen molar-refractivity contribution in [2.24, 2.45) is 5.41 Å². The number of ether oxygens (including phenoxy) is 1. The van der Waals surface area contributed by atoms with Crippen LogP contribution in [0.4, 0.5) is 0 Å². The van der Waals surface area contributed by atoms with E-state index in [9.17, 15) is 0 Å². The largest absolute Gasteiger partial charge is 0.381 e. The van der Waals surface area contributed by atoms with Crippen LogP contribution in [0.5, 0.6) is 0 Å². The minimum absolute atomic E-state index is 0.631. The summed E-state index contributed by atoms with van der Waals surface area (Å²) >= 11 is 0. The van der Waals surface area contributed by atoms with Gasteiger partial charge in [0.1, 0.15) is 0 Å². The molecular weight excluding hydrogens is 136 g/mol. The minimum Gasteiger partial charge on any atom is -0.381 e. The van der Waals surface area contributed by atoms with Crippen molar-refractivity contribution in [1.82, 2.24) is 0 Å². The molecule has 0 amide bonds. The second-order valence-electron chi connectivity index (χ2n) is 3.48. The average Bonchev–Trinajstić information content (AvgIpc) is 1.88. The molecule has 2 aliphatic rings. The van der Waals surface area contributed by atoms with Gasteiger partial charge in [0.15, 0.2) is 0 Å². The third kappa shape index (κ3) is 1.22. The lowest BCUT2D eigenvalue weighted by Gasteiger charge is -2.55. The molecule has 0 unspecified atom stereocenters. The van der Waals surface area contributed by atoms with Crippen LogP contribution in [0.15, 0.2) is 13.2 Å². The fourth-order valence-electron chi connectivity index (χ4n) is 2.24. The Balaban J connectivity index is 0.000000281. The summed E-state index contributed by atoms with van der Waals surface area (Å²) in [6.07, 6.45) is 7.70. The number of hydrogen-bond acceptors (Lipinski definition) is 1. The Bertz CT molecular complexity index is 119. The quantitative estimate of drug-likeness (QED) is 0.528. The topological polar surface area (TPSA) is 9.23 Å². The van der Waals surface area contributed by atoms with Crippen LogP contribution >= 0.6 is 0 Å². The van der Waals surface area contributed by atoms with Crippen molar-refractivity contribution in [2.45, 2.75) is 38.2 Å². The van der Waals surface area contributed by atoms with Crippen LogP contribution in [0.2, 0.25) is 0 Å². The summed E-state index contributed by atoms with van der Waals surface area (Å²) in [6, 6.07) is 0. The van der Waals surface area contributed by atoms with E-state index in [2.05, 4.69) is 13.2 Å². The van der Waals surface area contributed by atoms with E-state index in [1.54, 1.807) is 0 Å². The van der Waals surface area contributed by atoms with Gasteiger partial charge < -0.3 is 4.74 Å². The van der Waals surface area contributed by atoms with Gasteiger partial charge >= 0.3 is 0 Å². The van der Waals surface area contributed by atoms with Crippen LogP contribution in [0, 0.1) is 5.41 Å². The van der Waals surface area contributed by atoms with Gasteiger partial charge in [-0.25, -0.2) is 0 Å². The third-order valence-electron chi connectivity index (χ3n) is 3.22. The molecule has 11 heavy (non-hydrogen) atoms. The summed E-state index contributed by atoms with van der Waals surface area (Å²) in [6.45, 7) is 6.00. The van der Waals surface area contributed by atoms with Crippen LogP contribution in [-0.2, 0) is 4.74 Å². The van der Waals surface area contributed by atoms with Crippen LogP contribution in [0.25, 0.3) is 0 Å². The second kappa shape index (κ2) is 3.40. The lowest BCUT2D eigenvalue weighted by Crippen LogP contribution is -2.50. The molecule has 1 nitrogen and oxygen atoms in total. The molecule has 0 aromatic rings. The molecule has 0 heterocycles. The van der Waals surface area contributed by atoms with Crippen molar-refractivity contribution in [3.05, 3.63) is 13.2 Å². The van der Waals surface area contributed by atoms with Gasteiger partial charge in [-0.3, -0.25) is 0 Å². The summed E-state index contributed by atoms with van der Waals surface area (Å²) in [5, 5.41) is 0. The maximum Gasteiger partial charge on any atom is 0.0627 e. The Morgan fingerprint density at radius 2 is 1.91 bits per heavy atom. The van der Waals surface area contributed by atoms with Crippen LogP contribution in [-0.4, -0.2) is 13.2 Å². The zero-order valence-electron chi connectivity index (χ0n) is 7.44. The van der Waals surface area contributed by atoms with Gasteiger partial charge in [-0.15, -0.1) is 13.2 Å². The number of hydrogen-bond donors (Lipinski definition) is 0. The van der Waals surface area contributed by atoms with E-state index in [-0.39, 0.29) is 0 Å². The van der Waals surface area contributed by atoms with Gasteiger partial charge in [-0.05, 0) is 31.1 Å². The first-order chi connectivity index (χ1) is 5.37. The van der Waals surface area contributed by atoms with Crippen molar-refractivity contribution in [2.75, 3.05) is 7.11 Å². The number of methoxy groups -OCH3 is 1. The summed E-state index contributed by atoms with van der Waals surface area (Å²) in [5.74, 6) is 0. The smallest absolute Gasteiger partial charge is 0.0627 e. The first-order valence-electron chi connectivity index (χ1n) is 4.40. The molecule has 64 valence electrons. The van der Waals surface area contributed by atoms with Gasteiger partial charge in [-0.1, -0.05) is 6.42 Å². The van der Waals surface area contributed by atoms with E-state index in [1.165, 1.54) is 32.1 Å². The number of rotatable bonds is 1. The van der Waals surface area contributed by atoms with Gasteiger partial charge in [0.05, 0.1) is 6.10 Å². The maximum absolute atomic E-state index is 5.34. The van der Waals surface area contributed by atoms with Crippen LogP contribution < -0.4 is 0 Å². The zero-order chi connectivity index (χ0) is 8.32. The minimum atomic E-state index is 0.631. The van der Waals surface area contributed by atoms with Crippen LogP contribution in [0.1, 0.15) is 32.1 Å². The average molecular weight is 154 g/mol. The van der Waals surface area contributed by atoms with E-state index < -0.39 is 0 Å². The SMILES string of the molecule is C=C.CO[C@@H]1CCC12CCC2. The van der Waals surface area contributed by atoms with Crippen LogP contribution in [0.3, 0.4) is 0 Å². The molecule has 0 radical (unpaired) electrons. The van der Waals surface area contributed by atoms with Crippen molar-refractivity contribution < 1.29 is 4.74 Å². The lowest BCUT2D eigenvalue weighted by atomic mass is 9.54. The van der Waals surface area contributed by atoms with Crippen molar-refractivity contribution >= 4 is 0 Å². The van der Waals surface area contributed by atoms with E-state index in [1.807, 2.05) is 7.11 Å². The highest BCUT2D eigenvalue weighted by Crippen LogP contribution is 2.56. The van der Waals surface area contributed by atoms with Crippen molar-refractivity contribution in [3.63, 3.8) is 0 Å². The molecule has 0 aliphatic heterocycles. The van der Waals surface area contributed by atoms with E-state index in [0.717, 1.165) is 0 Å². The second-order valence-corrected chi connectivity index (χ2v) is 3.48. The molecular formula is C10H18O. The van der Waals surface area contributed by atoms with Crippen molar-refractivity contribution in [3.8, 4) is 0 Å². The molecule has 0 aromatic heterocycles. The predicted molar refractivity (Wildman–Crippen MR) is 47.6 cm³/mol. The van der Waals surface area contributed by atoms with Crippen molar-refractivity contribution in [1.29, 1.82) is 0 Å². The molecule has 1 heteroatoms. The fraction of sp³-hybridized carbons (Fsp3) is 0.800. The summed E-state index contributed by atoms with van der Waals surface area (Å²) in [5.41, 5.74) is 0.689. The Morgan fingerprint density at radius 3 is 2.00 bits per heavy atom. The molecule has 1 atom stereocenters. The standard InChI is InChI=1S/C8H14O.C2H4/c1-9-7-3-6-8(7)4-2-5-8;1-2/h7H,2-6H2,1H3;1-2H2/t7-;/m1./s1. The molecule has 0 bridgehead atoms. The highest BCUT2D eigenvalue weighted by molar-refractivity contribution is 5.01. The Kier molecular flexibility index (Phi) is 2.72. The Hall–Kier alpha value is -0.300. The molecule has 2 saturated carbocycles. The predicted octanol–water partition coefficient (Wildman–Crippen LogP) is 2.77. The van der Waals surface area contributed by atoms with Gasteiger partial charge in [0.2, 0.25) is 0 Å². The molecule has 0 N–H and O–H groups in total. The normalized spacial score (nSPS) is 31.2. The van der Waals surface area contributed by atoms with E-state index >= 15 is 0 Å². The van der Waals surface area contributed by atoms with Gasteiger partial charge in [-0.2, -0.15) is 0 Å². The molecule has 2 aliphatic carbocycles. The fourth-order valence-corrected chi connectivity index (χ4v) is 2.24. The Labute approximate surface area is 69.4 Å². The highest BCUT2D eigenvalue weighted by atomic mass is 16.5. The molecule has 2 rings (SSSR count). The zero-order valence-corrected chi connectivity index (χ0v) is 7.44. The first-order valence-corrected chi connectivity index (χ1v) is 4.40. The summed E-state index contributed by atoms with van der Waals surface area (Å²) in [4.78, 5) is 0. The molecule has 2 fully saturated rings. The molecule has 0 aromatic carbocycles. The van der Waals surface area contributed by atoms with E-state index in [0.29, 0.717) is 11.5 Å². The highest BCUT2D eigenvalue weighted by Gasteiger charge is 2.50. The summed E-state index contributed by atoms with van der Waals surface area (Å²) < 4.78 is 5.34. The van der Waals surface area contributed by atoms with Gasteiger partial charge in [0, 0.05) is 7.11 Å². The monoisotopic (exact) mass is 154 g/mol. The summed E-state index contributed by atoms with van der Waals surface area (Å²) in [7, 11) is 1.85. The first kappa shape index (κ1) is 8.79. The lowest BCUT2D eigenvalue weighted by molar-refractivity contribution is -0.135. The molecule has 0 saturated heterocycles. The Morgan fingerprint density at radius 1 is 1.27 bits per heavy atom. The molecule has 1 spiro atoms. The third-order valence-corrected chi connectivity index (χ3v) is 3.22. The van der Waals surface area contributed by atoms with E-state index in [4.69, 9.17) is 4.74 Å². The van der Waals surface area contributed by atoms with Gasteiger partial charge in [0.25, 0.3) is 0 Å².